The lowest BCUT2D eigenvalue weighted by atomic mass is 9.99. The number of nitrogens with zero attached hydrogens (tertiary/aromatic N) is 4. The Bertz CT molecular complexity index is 1070. The molecular weight excluding hydrogens is 378 g/mol. The van der Waals surface area contributed by atoms with E-state index in [1.807, 2.05) is 11.0 Å². The fraction of sp³-hybridized carbons (Fsp3) is 0.200. The van der Waals surface area contributed by atoms with Crippen LogP contribution < -0.4 is 15.5 Å². The maximum absolute atomic E-state index is 14.2. The van der Waals surface area contributed by atoms with E-state index in [2.05, 4.69) is 25.6 Å². The Kier molecular flexibility index (Phi) is 5.03. The maximum atomic E-state index is 14.2. The van der Waals surface area contributed by atoms with E-state index in [1.54, 1.807) is 18.2 Å². The van der Waals surface area contributed by atoms with Gasteiger partial charge in [-0.05, 0) is 36.2 Å². The zero-order chi connectivity index (χ0) is 20.4. The summed E-state index contributed by atoms with van der Waals surface area (Å²) < 4.78 is 27.6. The molecule has 0 spiro atoms. The summed E-state index contributed by atoms with van der Waals surface area (Å²) in [6.07, 6.45) is 1.87. The SMILES string of the molecule is CC(=O)Nc1cccc(Nc2ncnc(N3CCc4cc(F)cc(F)c4C3)n2)c1. The quantitative estimate of drug-likeness (QED) is 0.703. The number of hydrogen-bond donors (Lipinski definition) is 2. The second-order valence-electron chi connectivity index (χ2n) is 6.69. The molecule has 1 aliphatic rings. The van der Waals surface area contributed by atoms with Crippen LogP contribution in [0.5, 0.6) is 0 Å². The minimum absolute atomic E-state index is 0.165. The molecule has 3 aromatic rings. The van der Waals surface area contributed by atoms with Crippen LogP contribution in [0, 0.1) is 11.6 Å². The van der Waals surface area contributed by atoms with E-state index in [1.165, 1.54) is 19.3 Å². The Labute approximate surface area is 165 Å². The average Bonchev–Trinajstić information content (AvgIpc) is 2.67. The third-order valence-corrected chi connectivity index (χ3v) is 4.53. The largest absolute Gasteiger partial charge is 0.336 e. The summed E-state index contributed by atoms with van der Waals surface area (Å²) in [7, 11) is 0. The molecule has 0 aliphatic carbocycles. The van der Waals surface area contributed by atoms with Gasteiger partial charge in [-0.2, -0.15) is 4.98 Å². The molecule has 7 nitrogen and oxygen atoms in total. The first kappa shape index (κ1) is 18.7. The van der Waals surface area contributed by atoms with Gasteiger partial charge in [0.1, 0.15) is 18.0 Å². The van der Waals surface area contributed by atoms with Crippen LogP contribution in [-0.2, 0) is 17.8 Å². The summed E-state index contributed by atoms with van der Waals surface area (Å²) in [5.74, 6) is -0.577. The molecule has 4 rings (SSSR count). The Balaban J connectivity index is 1.53. The highest BCUT2D eigenvalue weighted by molar-refractivity contribution is 5.89. The average molecular weight is 396 g/mol. The van der Waals surface area contributed by atoms with Gasteiger partial charge in [-0.1, -0.05) is 6.07 Å². The Morgan fingerprint density at radius 3 is 2.79 bits per heavy atom. The number of aromatic nitrogens is 3. The first-order valence-corrected chi connectivity index (χ1v) is 9.03. The molecular formula is C20H18F2N6O. The van der Waals surface area contributed by atoms with Crippen molar-refractivity contribution >= 4 is 29.2 Å². The zero-order valence-corrected chi connectivity index (χ0v) is 15.6. The Morgan fingerprint density at radius 1 is 1.14 bits per heavy atom. The van der Waals surface area contributed by atoms with Crippen LogP contribution in [0.1, 0.15) is 18.1 Å². The van der Waals surface area contributed by atoms with E-state index >= 15 is 0 Å². The van der Waals surface area contributed by atoms with E-state index < -0.39 is 11.6 Å². The third kappa shape index (κ3) is 4.29. The monoisotopic (exact) mass is 396 g/mol. The lowest BCUT2D eigenvalue weighted by molar-refractivity contribution is -0.114. The molecule has 1 aliphatic heterocycles. The van der Waals surface area contributed by atoms with Gasteiger partial charge >= 0.3 is 0 Å². The molecule has 0 atom stereocenters. The van der Waals surface area contributed by atoms with Crippen molar-refractivity contribution < 1.29 is 13.6 Å². The van der Waals surface area contributed by atoms with Gasteiger partial charge in [0.25, 0.3) is 0 Å². The van der Waals surface area contributed by atoms with Gasteiger partial charge in [-0.25, -0.2) is 18.7 Å². The zero-order valence-electron chi connectivity index (χ0n) is 15.6. The van der Waals surface area contributed by atoms with Crippen molar-refractivity contribution in [1.82, 2.24) is 15.0 Å². The summed E-state index contributed by atoms with van der Waals surface area (Å²) in [6, 6.07) is 9.40. The van der Waals surface area contributed by atoms with Crippen LogP contribution in [0.3, 0.4) is 0 Å². The molecule has 0 bridgehead atoms. The Morgan fingerprint density at radius 2 is 1.97 bits per heavy atom. The molecule has 0 fully saturated rings. The molecule has 2 N–H and O–H groups in total. The highest BCUT2D eigenvalue weighted by Gasteiger charge is 2.22. The molecule has 1 aromatic heterocycles. The number of carbonyl (C=O) groups excluding carboxylic acids is 1. The van der Waals surface area contributed by atoms with Crippen LogP contribution in [0.2, 0.25) is 0 Å². The van der Waals surface area contributed by atoms with Gasteiger partial charge in [0.2, 0.25) is 17.8 Å². The molecule has 0 unspecified atom stereocenters. The lowest BCUT2D eigenvalue weighted by Gasteiger charge is -2.29. The topological polar surface area (TPSA) is 83.0 Å². The number of nitrogens with one attached hydrogen (secondary N) is 2. The van der Waals surface area contributed by atoms with E-state index in [-0.39, 0.29) is 12.5 Å². The van der Waals surface area contributed by atoms with Crippen LogP contribution in [-0.4, -0.2) is 27.4 Å². The number of hydrogen-bond acceptors (Lipinski definition) is 6. The summed E-state index contributed by atoms with van der Waals surface area (Å²) in [5, 5.41) is 5.78. The smallest absolute Gasteiger partial charge is 0.232 e. The van der Waals surface area contributed by atoms with Crippen LogP contribution in [0.25, 0.3) is 0 Å². The summed E-state index contributed by atoms with van der Waals surface area (Å²) in [6.45, 7) is 2.23. The van der Waals surface area contributed by atoms with Crippen LogP contribution in [0.4, 0.5) is 32.1 Å². The maximum Gasteiger partial charge on any atom is 0.232 e. The van der Waals surface area contributed by atoms with Crippen molar-refractivity contribution in [3.63, 3.8) is 0 Å². The predicted octanol–water partition coefficient (Wildman–Crippen LogP) is 3.41. The van der Waals surface area contributed by atoms with Crippen molar-refractivity contribution in [1.29, 1.82) is 0 Å². The summed E-state index contributed by atoms with van der Waals surface area (Å²) >= 11 is 0. The molecule has 2 aromatic carbocycles. The highest BCUT2D eigenvalue weighted by atomic mass is 19.1. The number of anilines is 4. The molecule has 29 heavy (non-hydrogen) atoms. The van der Waals surface area contributed by atoms with Crippen molar-refractivity contribution in [3.05, 3.63) is 65.5 Å². The predicted molar refractivity (Wildman–Crippen MR) is 105 cm³/mol. The number of amides is 1. The van der Waals surface area contributed by atoms with E-state index in [4.69, 9.17) is 0 Å². The standard InChI is InChI=1S/C20H18F2N6O/c1-12(29)25-15-3-2-4-16(9-15)26-19-23-11-24-20(27-19)28-6-5-13-7-14(21)8-18(22)17(13)10-28/h2-4,7-9,11H,5-6,10H2,1H3,(H,25,29)(H,23,24,26,27). The van der Waals surface area contributed by atoms with Gasteiger partial charge in [0, 0.05) is 43.0 Å². The molecule has 9 heteroatoms. The second-order valence-corrected chi connectivity index (χ2v) is 6.69. The van der Waals surface area contributed by atoms with E-state index in [0.717, 1.165) is 6.07 Å². The number of fused-ring (bicyclic) bond motifs is 1. The van der Waals surface area contributed by atoms with Gasteiger partial charge in [0.15, 0.2) is 0 Å². The summed E-state index contributed by atoms with van der Waals surface area (Å²) in [5.41, 5.74) is 2.46. The van der Waals surface area contributed by atoms with Gasteiger partial charge < -0.3 is 15.5 Å². The first-order chi connectivity index (χ1) is 14.0. The normalized spacial score (nSPS) is 13.0. The van der Waals surface area contributed by atoms with Crippen molar-refractivity contribution in [2.24, 2.45) is 0 Å². The molecule has 1 amide bonds. The number of rotatable bonds is 4. The first-order valence-electron chi connectivity index (χ1n) is 9.03. The van der Waals surface area contributed by atoms with Crippen LogP contribution >= 0.6 is 0 Å². The minimum atomic E-state index is -0.567. The molecule has 2 heterocycles. The van der Waals surface area contributed by atoms with Crippen molar-refractivity contribution in [2.45, 2.75) is 19.9 Å². The Hall–Kier alpha value is -3.62. The molecule has 148 valence electrons. The number of benzene rings is 2. The number of carbonyl (C=O) groups is 1. The minimum Gasteiger partial charge on any atom is -0.336 e. The number of halogens is 2. The van der Waals surface area contributed by atoms with E-state index in [9.17, 15) is 13.6 Å². The van der Waals surface area contributed by atoms with Gasteiger partial charge in [-0.3, -0.25) is 4.79 Å². The van der Waals surface area contributed by atoms with Crippen molar-refractivity contribution in [3.8, 4) is 0 Å². The van der Waals surface area contributed by atoms with E-state index in [0.29, 0.717) is 47.4 Å². The highest BCUT2D eigenvalue weighted by Crippen LogP contribution is 2.26. The fourth-order valence-electron chi connectivity index (χ4n) is 3.26. The third-order valence-electron chi connectivity index (χ3n) is 4.53. The summed E-state index contributed by atoms with van der Waals surface area (Å²) in [4.78, 5) is 25.8. The lowest BCUT2D eigenvalue weighted by Crippen LogP contribution is -2.32. The second kappa shape index (κ2) is 7.78. The van der Waals surface area contributed by atoms with Gasteiger partial charge in [-0.15, -0.1) is 0 Å². The van der Waals surface area contributed by atoms with Gasteiger partial charge in [0.05, 0.1) is 0 Å². The fourth-order valence-corrected chi connectivity index (χ4v) is 3.26. The van der Waals surface area contributed by atoms with Crippen molar-refractivity contribution in [2.75, 3.05) is 22.1 Å². The molecule has 0 saturated carbocycles. The molecule has 0 radical (unpaired) electrons. The van der Waals surface area contributed by atoms with Crippen LogP contribution in [0.15, 0.2) is 42.7 Å². The molecule has 0 saturated heterocycles.